The molecule has 0 saturated heterocycles. The minimum absolute atomic E-state index is 0.123. The smallest absolute Gasteiger partial charge is 0.303 e. The van der Waals surface area contributed by atoms with E-state index in [2.05, 4.69) is 0 Å². The van der Waals surface area contributed by atoms with Gasteiger partial charge >= 0.3 is 5.97 Å². The van der Waals surface area contributed by atoms with E-state index in [4.69, 9.17) is 10.8 Å². The van der Waals surface area contributed by atoms with Gasteiger partial charge in [-0.05, 0) is 37.0 Å². The quantitative estimate of drug-likeness (QED) is 0.798. The van der Waals surface area contributed by atoms with Crippen molar-refractivity contribution in [1.29, 1.82) is 0 Å². The molecular weight excluding hydrogens is 275 g/mol. The van der Waals surface area contributed by atoms with E-state index in [-0.39, 0.29) is 30.6 Å². The van der Waals surface area contributed by atoms with Gasteiger partial charge in [0.05, 0.1) is 6.04 Å². The molecule has 0 radical (unpaired) electrons. The molecule has 114 valence electrons. The average Bonchev–Trinajstić information content (AvgIpc) is 3.28. The largest absolute Gasteiger partial charge is 0.481 e. The maximum absolute atomic E-state index is 12.9. The normalized spacial score (nSPS) is 15.5. The highest BCUT2D eigenvalue weighted by Gasteiger charge is 2.34. The summed E-state index contributed by atoms with van der Waals surface area (Å²) >= 11 is 0. The van der Waals surface area contributed by atoms with E-state index in [0.29, 0.717) is 6.54 Å². The van der Waals surface area contributed by atoms with Gasteiger partial charge in [0, 0.05) is 19.0 Å². The van der Waals surface area contributed by atoms with Crippen molar-refractivity contribution < 1.29 is 19.1 Å². The van der Waals surface area contributed by atoms with Crippen molar-refractivity contribution in [2.24, 2.45) is 5.73 Å². The highest BCUT2D eigenvalue weighted by Crippen LogP contribution is 2.29. The number of rotatable bonds is 7. The van der Waals surface area contributed by atoms with Crippen LogP contribution in [-0.4, -0.2) is 34.0 Å². The zero-order chi connectivity index (χ0) is 15.4. The van der Waals surface area contributed by atoms with Gasteiger partial charge in [0.2, 0.25) is 5.91 Å². The third-order valence-corrected chi connectivity index (χ3v) is 3.52. The zero-order valence-electron chi connectivity index (χ0n) is 11.7. The van der Waals surface area contributed by atoms with Crippen LogP contribution in [0.2, 0.25) is 0 Å². The SMILES string of the molecule is NC(CCC(=O)O)C(=O)N(Cc1ccc(F)cc1)C1CC1. The lowest BCUT2D eigenvalue weighted by molar-refractivity contribution is -0.138. The average molecular weight is 294 g/mol. The number of aliphatic carboxylic acids is 1. The first-order valence-electron chi connectivity index (χ1n) is 6.99. The van der Waals surface area contributed by atoms with Crippen LogP contribution in [0.3, 0.4) is 0 Å². The van der Waals surface area contributed by atoms with Gasteiger partial charge in [0.15, 0.2) is 0 Å². The molecular formula is C15H19FN2O3. The lowest BCUT2D eigenvalue weighted by Crippen LogP contribution is -2.44. The van der Waals surface area contributed by atoms with Gasteiger partial charge in [-0.3, -0.25) is 9.59 Å². The highest BCUT2D eigenvalue weighted by molar-refractivity contribution is 5.82. The number of amides is 1. The molecule has 6 heteroatoms. The van der Waals surface area contributed by atoms with E-state index in [1.807, 2.05) is 0 Å². The number of hydrogen-bond acceptors (Lipinski definition) is 3. The molecule has 21 heavy (non-hydrogen) atoms. The topological polar surface area (TPSA) is 83.6 Å². The Kier molecular flexibility index (Phi) is 4.90. The predicted octanol–water partition coefficient (Wildman–Crippen LogP) is 1.51. The number of nitrogens with zero attached hydrogens (tertiary/aromatic N) is 1. The second kappa shape index (κ2) is 6.67. The van der Waals surface area contributed by atoms with Crippen molar-refractivity contribution in [1.82, 2.24) is 4.90 Å². The molecule has 5 nitrogen and oxygen atoms in total. The molecule has 1 fully saturated rings. The molecule has 0 aromatic heterocycles. The summed E-state index contributed by atoms with van der Waals surface area (Å²) in [7, 11) is 0. The van der Waals surface area contributed by atoms with Crippen LogP contribution in [0.4, 0.5) is 4.39 Å². The van der Waals surface area contributed by atoms with Crippen LogP contribution in [-0.2, 0) is 16.1 Å². The number of carboxylic acid groups (broad SMARTS) is 1. The molecule has 1 unspecified atom stereocenters. The van der Waals surface area contributed by atoms with E-state index < -0.39 is 12.0 Å². The number of carbonyl (C=O) groups is 2. The van der Waals surface area contributed by atoms with E-state index in [9.17, 15) is 14.0 Å². The Balaban J connectivity index is 1.99. The second-order valence-corrected chi connectivity index (χ2v) is 5.36. The minimum atomic E-state index is -0.963. The lowest BCUT2D eigenvalue weighted by atomic mass is 10.1. The standard InChI is InChI=1S/C15H19FN2O3/c16-11-3-1-10(2-4-11)9-18(12-5-6-12)15(21)13(17)7-8-14(19)20/h1-4,12-13H,5-9,17H2,(H,19,20). The Labute approximate surface area is 122 Å². The molecule has 1 atom stereocenters. The fourth-order valence-corrected chi connectivity index (χ4v) is 2.18. The van der Waals surface area contributed by atoms with Crippen LogP contribution >= 0.6 is 0 Å². The number of carbonyl (C=O) groups excluding carboxylic acids is 1. The summed E-state index contributed by atoms with van der Waals surface area (Å²) in [6.45, 7) is 0.380. The monoisotopic (exact) mass is 294 g/mol. The summed E-state index contributed by atoms with van der Waals surface area (Å²) in [5, 5.41) is 8.65. The van der Waals surface area contributed by atoms with E-state index >= 15 is 0 Å². The Morgan fingerprint density at radius 2 is 1.95 bits per heavy atom. The summed E-state index contributed by atoms with van der Waals surface area (Å²) < 4.78 is 12.9. The molecule has 0 bridgehead atoms. The summed E-state index contributed by atoms with van der Waals surface area (Å²) in [6, 6.07) is 5.35. The second-order valence-electron chi connectivity index (χ2n) is 5.36. The van der Waals surface area contributed by atoms with Crippen molar-refractivity contribution in [3.63, 3.8) is 0 Å². The predicted molar refractivity (Wildman–Crippen MR) is 74.8 cm³/mol. The van der Waals surface area contributed by atoms with Crippen LogP contribution in [0.15, 0.2) is 24.3 Å². The molecule has 1 aromatic rings. The Morgan fingerprint density at radius 1 is 1.33 bits per heavy atom. The molecule has 0 spiro atoms. The van der Waals surface area contributed by atoms with Crippen molar-refractivity contribution in [3.05, 3.63) is 35.6 Å². The van der Waals surface area contributed by atoms with Gasteiger partial charge < -0.3 is 15.7 Å². The number of benzene rings is 1. The molecule has 1 saturated carbocycles. The van der Waals surface area contributed by atoms with E-state index in [0.717, 1.165) is 18.4 Å². The van der Waals surface area contributed by atoms with Crippen molar-refractivity contribution in [2.75, 3.05) is 0 Å². The zero-order valence-corrected chi connectivity index (χ0v) is 11.7. The maximum Gasteiger partial charge on any atom is 0.303 e. The molecule has 1 amide bonds. The minimum Gasteiger partial charge on any atom is -0.481 e. The third-order valence-electron chi connectivity index (χ3n) is 3.52. The van der Waals surface area contributed by atoms with Gasteiger partial charge in [-0.1, -0.05) is 12.1 Å². The van der Waals surface area contributed by atoms with Crippen molar-refractivity contribution in [3.8, 4) is 0 Å². The van der Waals surface area contributed by atoms with E-state index in [1.54, 1.807) is 17.0 Å². The van der Waals surface area contributed by atoms with Crippen LogP contribution < -0.4 is 5.73 Å². The summed E-state index contributed by atoms with van der Waals surface area (Å²) in [4.78, 5) is 24.6. The molecule has 0 aliphatic heterocycles. The highest BCUT2D eigenvalue weighted by atomic mass is 19.1. The number of carboxylic acids is 1. The molecule has 0 heterocycles. The van der Waals surface area contributed by atoms with Gasteiger partial charge in [-0.15, -0.1) is 0 Å². The van der Waals surface area contributed by atoms with Crippen molar-refractivity contribution in [2.45, 2.75) is 44.3 Å². The Hall–Kier alpha value is -1.95. The van der Waals surface area contributed by atoms with Gasteiger partial charge in [0.1, 0.15) is 5.82 Å². The van der Waals surface area contributed by atoms with Gasteiger partial charge in [0.25, 0.3) is 0 Å². The molecule has 1 aromatic carbocycles. The number of nitrogens with two attached hydrogens (primary N) is 1. The van der Waals surface area contributed by atoms with Crippen LogP contribution in [0.5, 0.6) is 0 Å². The maximum atomic E-state index is 12.9. The van der Waals surface area contributed by atoms with Crippen LogP contribution in [0.25, 0.3) is 0 Å². The molecule has 2 rings (SSSR count). The molecule has 1 aliphatic carbocycles. The number of halogens is 1. The molecule has 1 aliphatic rings. The van der Waals surface area contributed by atoms with Gasteiger partial charge in [-0.2, -0.15) is 0 Å². The van der Waals surface area contributed by atoms with Crippen LogP contribution in [0.1, 0.15) is 31.2 Å². The Morgan fingerprint density at radius 3 is 2.48 bits per heavy atom. The Bertz CT molecular complexity index is 514. The first kappa shape index (κ1) is 15.4. The van der Waals surface area contributed by atoms with Gasteiger partial charge in [-0.25, -0.2) is 4.39 Å². The summed E-state index contributed by atoms with van der Waals surface area (Å²) in [5.74, 6) is -1.51. The lowest BCUT2D eigenvalue weighted by Gasteiger charge is -2.25. The number of hydrogen-bond donors (Lipinski definition) is 2. The van der Waals surface area contributed by atoms with Crippen LogP contribution in [0, 0.1) is 5.82 Å². The fourth-order valence-electron chi connectivity index (χ4n) is 2.18. The third kappa shape index (κ3) is 4.53. The summed E-state index contributed by atoms with van der Waals surface area (Å²) in [5.41, 5.74) is 6.63. The summed E-state index contributed by atoms with van der Waals surface area (Å²) in [6.07, 6.45) is 1.86. The first-order valence-corrected chi connectivity index (χ1v) is 6.99. The van der Waals surface area contributed by atoms with E-state index in [1.165, 1.54) is 12.1 Å². The fraction of sp³-hybridized carbons (Fsp3) is 0.467. The molecule has 3 N–H and O–H groups in total. The first-order chi connectivity index (χ1) is 9.97. The van der Waals surface area contributed by atoms with Crippen molar-refractivity contribution >= 4 is 11.9 Å².